The number of rotatable bonds is 2. The molecule has 0 spiro atoms. The van der Waals surface area contributed by atoms with Gasteiger partial charge in [-0.2, -0.15) is 5.26 Å². The zero-order chi connectivity index (χ0) is 17.7. The lowest BCUT2D eigenvalue weighted by Crippen LogP contribution is -2.23. The highest BCUT2D eigenvalue weighted by molar-refractivity contribution is 5.81. The summed E-state index contributed by atoms with van der Waals surface area (Å²) in [4.78, 5) is 8.62. The first kappa shape index (κ1) is 16.2. The summed E-state index contributed by atoms with van der Waals surface area (Å²) in [6.07, 6.45) is 1.65. The topological polar surface area (TPSA) is 94.0 Å². The average Bonchev–Trinajstić information content (AvgIpc) is 2.70. The van der Waals surface area contributed by atoms with Crippen molar-refractivity contribution in [3.8, 4) is 23.1 Å². The fourth-order valence-electron chi connectivity index (χ4n) is 3.44. The van der Waals surface area contributed by atoms with Gasteiger partial charge in [0.05, 0.1) is 18.4 Å². The average molecular weight is 324 g/mol. The Labute approximate surface area is 141 Å². The van der Waals surface area contributed by atoms with Crippen molar-refractivity contribution in [2.75, 3.05) is 12.8 Å². The molecule has 1 aliphatic heterocycles. The Morgan fingerprint density at radius 1 is 1.25 bits per heavy atom. The second-order valence-electron chi connectivity index (χ2n) is 6.79. The molecule has 2 aromatic rings. The fraction of sp³-hybridized carbons (Fsp3) is 0.389. The summed E-state index contributed by atoms with van der Waals surface area (Å²) >= 11 is 0. The monoisotopic (exact) mass is 324 g/mol. The standard InChI is InChI=1S/C18H20N4O2/c1-17(2)14-13(10-6-7-21-12(8-10)23-5)11(9-19)16(20)22-15(14)18(3,4)24-17/h6-8H,1-5H3,(H2,20,22). The van der Waals surface area contributed by atoms with Crippen LogP contribution in [0.5, 0.6) is 5.88 Å². The van der Waals surface area contributed by atoms with Crippen LogP contribution in [0.15, 0.2) is 18.3 Å². The highest BCUT2D eigenvalue weighted by Crippen LogP contribution is 2.51. The van der Waals surface area contributed by atoms with Gasteiger partial charge in [0.1, 0.15) is 23.1 Å². The minimum atomic E-state index is -0.600. The van der Waals surface area contributed by atoms with Gasteiger partial charge >= 0.3 is 0 Å². The number of nitrogens with two attached hydrogens (primary N) is 1. The van der Waals surface area contributed by atoms with Gasteiger partial charge < -0.3 is 15.2 Å². The number of methoxy groups -OCH3 is 1. The third kappa shape index (κ3) is 2.29. The second kappa shape index (κ2) is 5.18. The van der Waals surface area contributed by atoms with E-state index in [1.54, 1.807) is 19.4 Å². The van der Waals surface area contributed by atoms with Crippen LogP contribution in [0.4, 0.5) is 5.82 Å². The van der Waals surface area contributed by atoms with Crippen LogP contribution in [0.25, 0.3) is 11.1 Å². The summed E-state index contributed by atoms with van der Waals surface area (Å²) in [7, 11) is 1.55. The molecule has 124 valence electrons. The van der Waals surface area contributed by atoms with Crippen LogP contribution in [0, 0.1) is 11.3 Å². The van der Waals surface area contributed by atoms with Crippen LogP contribution in [-0.2, 0) is 15.9 Å². The summed E-state index contributed by atoms with van der Waals surface area (Å²) in [5, 5.41) is 9.66. The van der Waals surface area contributed by atoms with E-state index in [1.165, 1.54) is 0 Å². The molecule has 0 bridgehead atoms. The number of fused-ring (bicyclic) bond motifs is 1. The normalized spacial score (nSPS) is 17.2. The van der Waals surface area contributed by atoms with E-state index < -0.39 is 11.2 Å². The molecule has 6 nitrogen and oxygen atoms in total. The van der Waals surface area contributed by atoms with Crippen LogP contribution in [0.3, 0.4) is 0 Å². The van der Waals surface area contributed by atoms with E-state index in [1.807, 2.05) is 33.8 Å². The number of hydrogen-bond acceptors (Lipinski definition) is 6. The fourth-order valence-corrected chi connectivity index (χ4v) is 3.44. The first-order valence-corrected chi connectivity index (χ1v) is 7.66. The lowest BCUT2D eigenvalue weighted by Gasteiger charge is -2.25. The summed E-state index contributed by atoms with van der Waals surface area (Å²) in [5.41, 5.74) is 8.42. The van der Waals surface area contributed by atoms with Gasteiger partial charge in [-0.15, -0.1) is 0 Å². The predicted molar refractivity (Wildman–Crippen MR) is 90.3 cm³/mol. The largest absolute Gasteiger partial charge is 0.481 e. The van der Waals surface area contributed by atoms with E-state index in [0.717, 1.165) is 22.4 Å². The molecule has 0 aliphatic carbocycles. The van der Waals surface area contributed by atoms with Crippen LogP contribution in [0.1, 0.15) is 44.5 Å². The van der Waals surface area contributed by atoms with E-state index >= 15 is 0 Å². The molecule has 0 unspecified atom stereocenters. The zero-order valence-electron chi connectivity index (χ0n) is 14.5. The molecule has 0 aromatic carbocycles. The van der Waals surface area contributed by atoms with Gasteiger partial charge in [-0.1, -0.05) is 0 Å². The smallest absolute Gasteiger partial charge is 0.213 e. The van der Waals surface area contributed by atoms with Crippen molar-refractivity contribution in [1.82, 2.24) is 9.97 Å². The Bertz CT molecular complexity index is 866. The molecule has 0 atom stereocenters. The molecule has 1 aliphatic rings. The number of nitriles is 1. The molecule has 0 radical (unpaired) electrons. The van der Waals surface area contributed by atoms with Gasteiger partial charge in [0.2, 0.25) is 5.88 Å². The molecule has 24 heavy (non-hydrogen) atoms. The maximum absolute atomic E-state index is 9.66. The van der Waals surface area contributed by atoms with Gasteiger partial charge in [0.15, 0.2) is 0 Å². The van der Waals surface area contributed by atoms with Gasteiger partial charge in [0, 0.05) is 23.4 Å². The van der Waals surface area contributed by atoms with Crippen LogP contribution < -0.4 is 10.5 Å². The van der Waals surface area contributed by atoms with E-state index in [4.69, 9.17) is 15.2 Å². The van der Waals surface area contributed by atoms with Crippen molar-refractivity contribution < 1.29 is 9.47 Å². The number of anilines is 1. The number of nitrogen functional groups attached to an aromatic ring is 1. The lowest BCUT2D eigenvalue weighted by atomic mass is 9.85. The highest BCUT2D eigenvalue weighted by atomic mass is 16.5. The number of hydrogen-bond donors (Lipinski definition) is 1. The molecule has 3 heterocycles. The zero-order valence-corrected chi connectivity index (χ0v) is 14.5. The lowest BCUT2D eigenvalue weighted by molar-refractivity contribution is -0.106. The molecular formula is C18H20N4O2. The molecule has 2 N–H and O–H groups in total. The van der Waals surface area contributed by atoms with Crippen molar-refractivity contribution in [2.45, 2.75) is 38.9 Å². The van der Waals surface area contributed by atoms with Crippen LogP contribution in [0.2, 0.25) is 0 Å². The van der Waals surface area contributed by atoms with Crippen LogP contribution >= 0.6 is 0 Å². The van der Waals surface area contributed by atoms with Crippen molar-refractivity contribution >= 4 is 5.82 Å². The predicted octanol–water partition coefficient (Wildman–Crippen LogP) is 3.11. The van der Waals surface area contributed by atoms with Gasteiger partial charge in [-0.05, 0) is 39.3 Å². The summed E-state index contributed by atoms with van der Waals surface area (Å²) in [5.74, 6) is 0.674. The molecular weight excluding hydrogens is 304 g/mol. The SMILES string of the molecule is COc1cc(-c2c(C#N)c(N)nc3c2C(C)(C)OC3(C)C)ccn1. The summed E-state index contributed by atoms with van der Waals surface area (Å²) in [6, 6.07) is 5.81. The van der Waals surface area contributed by atoms with E-state index in [0.29, 0.717) is 11.4 Å². The molecule has 0 saturated heterocycles. The first-order valence-electron chi connectivity index (χ1n) is 7.66. The Morgan fingerprint density at radius 2 is 1.96 bits per heavy atom. The highest BCUT2D eigenvalue weighted by Gasteiger charge is 2.47. The first-order chi connectivity index (χ1) is 11.2. The molecule has 2 aromatic heterocycles. The third-order valence-electron chi connectivity index (χ3n) is 4.25. The van der Waals surface area contributed by atoms with E-state index in [9.17, 15) is 5.26 Å². The van der Waals surface area contributed by atoms with Crippen molar-refractivity contribution in [3.63, 3.8) is 0 Å². The maximum atomic E-state index is 9.66. The molecule has 0 saturated carbocycles. The number of aromatic nitrogens is 2. The van der Waals surface area contributed by atoms with E-state index in [-0.39, 0.29) is 5.82 Å². The number of nitrogens with zero attached hydrogens (tertiary/aromatic N) is 3. The van der Waals surface area contributed by atoms with Gasteiger partial charge in [-0.3, -0.25) is 0 Å². The Morgan fingerprint density at radius 3 is 2.58 bits per heavy atom. The second-order valence-corrected chi connectivity index (χ2v) is 6.79. The molecule has 0 fully saturated rings. The van der Waals surface area contributed by atoms with Crippen molar-refractivity contribution in [3.05, 3.63) is 35.2 Å². The van der Waals surface area contributed by atoms with Crippen molar-refractivity contribution in [2.24, 2.45) is 0 Å². The quantitative estimate of drug-likeness (QED) is 0.912. The molecule has 6 heteroatoms. The van der Waals surface area contributed by atoms with Gasteiger partial charge in [-0.25, -0.2) is 9.97 Å². The number of ether oxygens (including phenoxy) is 2. The van der Waals surface area contributed by atoms with E-state index in [2.05, 4.69) is 16.0 Å². The molecule has 3 rings (SSSR count). The molecule has 0 amide bonds. The minimum Gasteiger partial charge on any atom is -0.481 e. The van der Waals surface area contributed by atoms with Crippen LogP contribution in [-0.4, -0.2) is 17.1 Å². The van der Waals surface area contributed by atoms with Crippen molar-refractivity contribution in [1.29, 1.82) is 5.26 Å². The number of pyridine rings is 2. The Balaban J connectivity index is 2.43. The summed E-state index contributed by atoms with van der Waals surface area (Å²) in [6.45, 7) is 7.86. The minimum absolute atomic E-state index is 0.205. The van der Waals surface area contributed by atoms with Gasteiger partial charge in [0.25, 0.3) is 0 Å². The Kier molecular flexibility index (Phi) is 3.50. The Hall–Kier alpha value is -2.65. The third-order valence-corrected chi connectivity index (χ3v) is 4.25. The maximum Gasteiger partial charge on any atom is 0.213 e. The summed E-state index contributed by atoms with van der Waals surface area (Å²) < 4.78 is 11.4.